The Morgan fingerprint density at radius 2 is 1.92 bits per heavy atom. The summed E-state index contributed by atoms with van der Waals surface area (Å²) in [5.41, 5.74) is -0.472. The molecule has 2 aromatic rings. The Morgan fingerprint density at radius 1 is 1.25 bits per heavy atom. The van der Waals surface area contributed by atoms with Crippen LogP contribution in [-0.2, 0) is 0 Å². The summed E-state index contributed by atoms with van der Waals surface area (Å²) in [4.78, 5) is 16.1. The van der Waals surface area contributed by atoms with Crippen LogP contribution in [0.5, 0.6) is 11.5 Å². The molecule has 1 aromatic heterocycles. The lowest BCUT2D eigenvalue weighted by molar-refractivity contribution is 0.0314. The molecule has 0 saturated heterocycles. The number of carbonyl (C=O) groups excluding carboxylic acids is 1. The van der Waals surface area contributed by atoms with Gasteiger partial charge in [-0.2, -0.15) is 0 Å². The van der Waals surface area contributed by atoms with E-state index in [2.05, 4.69) is 10.3 Å². The van der Waals surface area contributed by atoms with Gasteiger partial charge in [0.1, 0.15) is 11.5 Å². The minimum absolute atomic E-state index is 0.200. The van der Waals surface area contributed by atoms with Gasteiger partial charge in [0.25, 0.3) is 5.91 Å². The van der Waals surface area contributed by atoms with E-state index in [0.29, 0.717) is 34.9 Å². The van der Waals surface area contributed by atoms with Crippen molar-refractivity contribution >= 4 is 17.5 Å². The van der Waals surface area contributed by atoms with E-state index in [1.807, 2.05) is 13.8 Å². The molecule has 1 aromatic carbocycles. The zero-order valence-corrected chi connectivity index (χ0v) is 14.5. The molecule has 0 unspecified atom stereocenters. The zero-order valence-electron chi connectivity index (χ0n) is 13.8. The van der Waals surface area contributed by atoms with E-state index < -0.39 is 5.60 Å². The molecule has 0 saturated carbocycles. The fourth-order valence-corrected chi connectivity index (χ4v) is 2.32. The largest absolute Gasteiger partial charge is 0.456 e. The van der Waals surface area contributed by atoms with Gasteiger partial charge in [-0.1, -0.05) is 25.4 Å². The standard InChI is InChI=1S/C18H21ClN2O3/c1-3-18(23,4-2)12-21-17(22)13-5-6-16(15(19)11-13)24-14-7-9-20-10-8-14/h5-11,23H,3-4,12H2,1-2H3,(H,21,22). The second-order valence-corrected chi connectivity index (χ2v) is 5.95. The lowest BCUT2D eigenvalue weighted by Gasteiger charge is -2.25. The summed E-state index contributed by atoms with van der Waals surface area (Å²) >= 11 is 6.20. The molecule has 128 valence electrons. The smallest absolute Gasteiger partial charge is 0.251 e. The van der Waals surface area contributed by atoms with Crippen molar-refractivity contribution in [2.75, 3.05) is 6.54 Å². The van der Waals surface area contributed by atoms with Crippen LogP contribution in [0.25, 0.3) is 0 Å². The number of hydrogen-bond donors (Lipinski definition) is 2. The molecule has 5 nitrogen and oxygen atoms in total. The van der Waals surface area contributed by atoms with Gasteiger partial charge >= 0.3 is 0 Å². The molecule has 0 radical (unpaired) electrons. The predicted molar refractivity (Wildman–Crippen MR) is 93.6 cm³/mol. The van der Waals surface area contributed by atoms with Gasteiger partial charge < -0.3 is 15.2 Å². The van der Waals surface area contributed by atoms with Crippen LogP contribution in [0.3, 0.4) is 0 Å². The van der Waals surface area contributed by atoms with Gasteiger partial charge in [-0.15, -0.1) is 0 Å². The fraction of sp³-hybridized carbons (Fsp3) is 0.333. The second kappa shape index (κ2) is 8.13. The summed E-state index contributed by atoms with van der Waals surface area (Å²) in [6.07, 6.45) is 4.38. The van der Waals surface area contributed by atoms with Crippen LogP contribution in [0, 0.1) is 0 Å². The highest BCUT2D eigenvalue weighted by Gasteiger charge is 2.23. The van der Waals surface area contributed by atoms with E-state index in [1.165, 1.54) is 0 Å². The van der Waals surface area contributed by atoms with Crippen molar-refractivity contribution < 1.29 is 14.6 Å². The Morgan fingerprint density at radius 3 is 2.50 bits per heavy atom. The number of aromatic nitrogens is 1. The molecule has 0 spiro atoms. The summed E-state index contributed by atoms with van der Waals surface area (Å²) in [5.74, 6) is 0.783. The number of ether oxygens (including phenoxy) is 1. The highest BCUT2D eigenvalue weighted by Crippen LogP contribution is 2.29. The average Bonchev–Trinajstić information content (AvgIpc) is 2.62. The number of rotatable bonds is 7. The number of amides is 1. The minimum atomic E-state index is -0.885. The maximum Gasteiger partial charge on any atom is 0.251 e. The number of halogens is 1. The third-order valence-electron chi connectivity index (χ3n) is 3.97. The molecule has 1 heterocycles. The van der Waals surface area contributed by atoms with Gasteiger partial charge in [0.2, 0.25) is 0 Å². The monoisotopic (exact) mass is 348 g/mol. The van der Waals surface area contributed by atoms with Gasteiger partial charge in [-0.05, 0) is 43.2 Å². The van der Waals surface area contributed by atoms with E-state index >= 15 is 0 Å². The minimum Gasteiger partial charge on any atom is -0.456 e. The molecule has 0 aliphatic heterocycles. The predicted octanol–water partition coefficient (Wildman–Crippen LogP) is 3.81. The zero-order chi connectivity index (χ0) is 17.6. The van der Waals surface area contributed by atoms with E-state index in [9.17, 15) is 9.90 Å². The van der Waals surface area contributed by atoms with Crippen LogP contribution in [0.15, 0.2) is 42.7 Å². The molecule has 0 fully saturated rings. The highest BCUT2D eigenvalue weighted by atomic mass is 35.5. The maximum atomic E-state index is 12.2. The highest BCUT2D eigenvalue weighted by molar-refractivity contribution is 6.32. The molecule has 6 heteroatoms. The summed E-state index contributed by atoms with van der Waals surface area (Å²) in [6, 6.07) is 8.25. The number of hydrogen-bond acceptors (Lipinski definition) is 4. The molecule has 1 amide bonds. The molecular weight excluding hydrogens is 328 g/mol. The van der Waals surface area contributed by atoms with E-state index in [1.54, 1.807) is 42.7 Å². The molecule has 0 bridgehead atoms. The van der Waals surface area contributed by atoms with E-state index in [0.717, 1.165) is 0 Å². The summed E-state index contributed by atoms with van der Waals surface area (Å²) in [7, 11) is 0. The first-order valence-corrected chi connectivity index (χ1v) is 8.23. The number of nitrogens with zero attached hydrogens (tertiary/aromatic N) is 1. The lowest BCUT2D eigenvalue weighted by atomic mass is 9.97. The van der Waals surface area contributed by atoms with E-state index in [4.69, 9.17) is 16.3 Å². The average molecular weight is 349 g/mol. The van der Waals surface area contributed by atoms with Gasteiger partial charge in [-0.25, -0.2) is 0 Å². The van der Waals surface area contributed by atoms with Crippen LogP contribution in [0.2, 0.25) is 5.02 Å². The second-order valence-electron chi connectivity index (χ2n) is 5.54. The van der Waals surface area contributed by atoms with Crippen LogP contribution in [0.1, 0.15) is 37.0 Å². The van der Waals surface area contributed by atoms with Crippen LogP contribution in [0.4, 0.5) is 0 Å². The van der Waals surface area contributed by atoms with Crippen molar-refractivity contribution in [3.8, 4) is 11.5 Å². The Kier molecular flexibility index (Phi) is 6.17. The lowest BCUT2D eigenvalue weighted by Crippen LogP contribution is -2.42. The van der Waals surface area contributed by atoms with Crippen molar-refractivity contribution in [3.05, 3.63) is 53.3 Å². The van der Waals surface area contributed by atoms with Gasteiger partial charge in [0, 0.05) is 24.5 Å². The third kappa shape index (κ3) is 4.69. The van der Waals surface area contributed by atoms with Crippen molar-refractivity contribution in [2.24, 2.45) is 0 Å². The van der Waals surface area contributed by atoms with Crippen LogP contribution < -0.4 is 10.1 Å². The first kappa shape index (κ1) is 18.2. The molecule has 0 aliphatic carbocycles. The molecule has 0 aliphatic rings. The summed E-state index contributed by atoms with van der Waals surface area (Å²) in [6.45, 7) is 3.97. The topological polar surface area (TPSA) is 71.5 Å². The van der Waals surface area contributed by atoms with Gasteiger partial charge in [-0.3, -0.25) is 9.78 Å². The number of nitrogens with one attached hydrogen (secondary N) is 1. The quantitative estimate of drug-likeness (QED) is 0.798. The van der Waals surface area contributed by atoms with Crippen molar-refractivity contribution in [1.82, 2.24) is 10.3 Å². The van der Waals surface area contributed by atoms with E-state index in [-0.39, 0.29) is 12.5 Å². The number of benzene rings is 1. The summed E-state index contributed by atoms with van der Waals surface area (Å²) < 4.78 is 5.65. The Bertz CT molecular complexity index is 688. The SMILES string of the molecule is CCC(O)(CC)CNC(=O)c1ccc(Oc2ccncc2)c(Cl)c1. The van der Waals surface area contributed by atoms with Crippen LogP contribution in [-0.4, -0.2) is 28.1 Å². The molecular formula is C18H21ClN2O3. The Labute approximate surface area is 146 Å². The third-order valence-corrected chi connectivity index (χ3v) is 4.26. The number of aliphatic hydroxyl groups is 1. The maximum absolute atomic E-state index is 12.2. The van der Waals surface area contributed by atoms with Gasteiger partial charge in [0.15, 0.2) is 0 Å². The Hall–Kier alpha value is -2.11. The molecule has 0 atom stereocenters. The molecule has 2 rings (SSSR count). The van der Waals surface area contributed by atoms with Crippen molar-refractivity contribution in [1.29, 1.82) is 0 Å². The molecule has 24 heavy (non-hydrogen) atoms. The Balaban J connectivity index is 2.04. The number of pyridine rings is 1. The van der Waals surface area contributed by atoms with Crippen LogP contribution >= 0.6 is 11.6 Å². The first-order valence-electron chi connectivity index (χ1n) is 7.85. The van der Waals surface area contributed by atoms with Crippen molar-refractivity contribution in [3.63, 3.8) is 0 Å². The first-order chi connectivity index (χ1) is 11.5. The van der Waals surface area contributed by atoms with Gasteiger partial charge in [0.05, 0.1) is 10.6 Å². The summed E-state index contributed by atoms with van der Waals surface area (Å²) in [5, 5.41) is 13.3. The molecule has 2 N–H and O–H groups in total. The fourth-order valence-electron chi connectivity index (χ4n) is 2.10. The van der Waals surface area contributed by atoms with Crippen molar-refractivity contribution in [2.45, 2.75) is 32.3 Å². The normalized spacial score (nSPS) is 11.2. The number of carbonyl (C=O) groups is 1.